The van der Waals surface area contributed by atoms with E-state index in [1.807, 2.05) is 0 Å². The van der Waals surface area contributed by atoms with Crippen molar-refractivity contribution < 1.29 is 4.74 Å². The molecule has 1 aliphatic heterocycles. The molecule has 0 atom stereocenters. The average Bonchev–Trinajstić information content (AvgIpc) is 2.00. The molecule has 0 aliphatic carbocycles. The number of hydrogen-bond donors (Lipinski definition) is 1. The summed E-state index contributed by atoms with van der Waals surface area (Å²) in [5.74, 6) is 0. The van der Waals surface area contributed by atoms with E-state index < -0.39 is 0 Å². The fourth-order valence-corrected chi connectivity index (χ4v) is 1.68. The molecule has 13 heavy (non-hydrogen) atoms. The van der Waals surface area contributed by atoms with E-state index in [-0.39, 0.29) is 5.54 Å². The first-order valence-electron chi connectivity index (χ1n) is 5.23. The standard InChI is InChI=1S/C10H22N2O/c1-3-4-6-13-7-5-12-8-10(2,11)9-12/h3-9,11H2,1-2H3. The van der Waals surface area contributed by atoms with Gasteiger partial charge in [-0.3, -0.25) is 4.90 Å². The molecule has 1 aliphatic rings. The molecule has 1 fully saturated rings. The zero-order chi connectivity index (χ0) is 9.73. The van der Waals surface area contributed by atoms with Crippen molar-refractivity contribution in [3.8, 4) is 0 Å². The van der Waals surface area contributed by atoms with Crippen LogP contribution in [0, 0.1) is 0 Å². The molecule has 1 rings (SSSR count). The smallest absolute Gasteiger partial charge is 0.0593 e. The molecule has 1 saturated heterocycles. The second-order valence-corrected chi connectivity index (χ2v) is 4.33. The van der Waals surface area contributed by atoms with E-state index in [0.29, 0.717) is 0 Å². The summed E-state index contributed by atoms with van der Waals surface area (Å²) in [6, 6.07) is 0. The summed E-state index contributed by atoms with van der Waals surface area (Å²) >= 11 is 0. The van der Waals surface area contributed by atoms with E-state index in [0.717, 1.165) is 32.8 Å². The number of nitrogens with zero attached hydrogens (tertiary/aromatic N) is 1. The molecular weight excluding hydrogens is 164 g/mol. The molecular formula is C10H22N2O. The Morgan fingerprint density at radius 1 is 1.38 bits per heavy atom. The minimum atomic E-state index is 0.0589. The molecule has 0 aromatic rings. The minimum absolute atomic E-state index is 0.0589. The Balaban J connectivity index is 1.85. The van der Waals surface area contributed by atoms with E-state index in [2.05, 4.69) is 18.7 Å². The predicted octanol–water partition coefficient (Wildman–Crippen LogP) is 0.836. The largest absolute Gasteiger partial charge is 0.380 e. The van der Waals surface area contributed by atoms with Gasteiger partial charge in [0, 0.05) is 31.8 Å². The zero-order valence-corrected chi connectivity index (χ0v) is 8.88. The summed E-state index contributed by atoms with van der Waals surface area (Å²) in [5.41, 5.74) is 5.94. The molecule has 2 N–H and O–H groups in total. The second kappa shape index (κ2) is 4.94. The molecule has 0 bridgehead atoms. The fourth-order valence-electron chi connectivity index (χ4n) is 1.68. The van der Waals surface area contributed by atoms with Crippen LogP contribution in [0.3, 0.4) is 0 Å². The normalized spacial score (nSPS) is 21.5. The van der Waals surface area contributed by atoms with Crippen molar-refractivity contribution in [3.63, 3.8) is 0 Å². The van der Waals surface area contributed by atoms with Crippen molar-refractivity contribution in [1.82, 2.24) is 4.90 Å². The highest BCUT2D eigenvalue weighted by molar-refractivity contribution is 4.95. The van der Waals surface area contributed by atoms with Gasteiger partial charge in [-0.25, -0.2) is 0 Å². The first-order chi connectivity index (χ1) is 6.14. The summed E-state index contributed by atoms with van der Waals surface area (Å²) in [6.45, 7) is 9.12. The molecule has 3 nitrogen and oxygen atoms in total. The van der Waals surface area contributed by atoms with Crippen LogP contribution in [0.25, 0.3) is 0 Å². The van der Waals surface area contributed by atoms with Gasteiger partial charge in [-0.05, 0) is 13.3 Å². The molecule has 1 heterocycles. The maximum absolute atomic E-state index is 5.88. The van der Waals surface area contributed by atoms with Crippen LogP contribution < -0.4 is 5.73 Å². The van der Waals surface area contributed by atoms with Gasteiger partial charge in [0.2, 0.25) is 0 Å². The lowest BCUT2D eigenvalue weighted by Crippen LogP contribution is -2.65. The van der Waals surface area contributed by atoms with E-state index in [4.69, 9.17) is 10.5 Å². The van der Waals surface area contributed by atoms with Crippen molar-refractivity contribution in [2.45, 2.75) is 32.2 Å². The number of hydrogen-bond acceptors (Lipinski definition) is 3. The highest BCUT2D eigenvalue weighted by Gasteiger charge is 2.33. The van der Waals surface area contributed by atoms with Gasteiger partial charge in [-0.2, -0.15) is 0 Å². The number of unbranched alkanes of at least 4 members (excludes halogenated alkanes) is 1. The SMILES string of the molecule is CCCCOCCN1CC(C)(N)C1. The van der Waals surface area contributed by atoms with Crippen LogP contribution in [0.4, 0.5) is 0 Å². The quantitative estimate of drug-likeness (QED) is 0.625. The Kier molecular flexibility index (Phi) is 4.16. The topological polar surface area (TPSA) is 38.5 Å². The third kappa shape index (κ3) is 4.07. The van der Waals surface area contributed by atoms with Gasteiger partial charge in [-0.1, -0.05) is 13.3 Å². The Morgan fingerprint density at radius 2 is 2.08 bits per heavy atom. The van der Waals surface area contributed by atoms with Crippen molar-refractivity contribution in [1.29, 1.82) is 0 Å². The highest BCUT2D eigenvalue weighted by Crippen LogP contribution is 2.15. The van der Waals surface area contributed by atoms with E-state index in [9.17, 15) is 0 Å². The van der Waals surface area contributed by atoms with Gasteiger partial charge in [-0.15, -0.1) is 0 Å². The lowest BCUT2D eigenvalue weighted by atomic mass is 9.94. The van der Waals surface area contributed by atoms with Gasteiger partial charge in [0.05, 0.1) is 6.61 Å². The molecule has 0 unspecified atom stereocenters. The van der Waals surface area contributed by atoms with Gasteiger partial charge < -0.3 is 10.5 Å². The molecule has 3 heteroatoms. The van der Waals surface area contributed by atoms with Gasteiger partial charge >= 0.3 is 0 Å². The molecule has 0 aromatic heterocycles. The van der Waals surface area contributed by atoms with Crippen LogP contribution in [-0.4, -0.2) is 43.3 Å². The zero-order valence-electron chi connectivity index (χ0n) is 8.88. The van der Waals surface area contributed by atoms with Crippen molar-refractivity contribution in [2.24, 2.45) is 5.73 Å². The molecule has 78 valence electrons. The Labute approximate surface area is 81.2 Å². The maximum atomic E-state index is 5.88. The van der Waals surface area contributed by atoms with Crippen LogP contribution >= 0.6 is 0 Å². The third-order valence-electron chi connectivity index (χ3n) is 2.36. The van der Waals surface area contributed by atoms with Crippen LogP contribution in [0.1, 0.15) is 26.7 Å². The van der Waals surface area contributed by atoms with E-state index >= 15 is 0 Å². The van der Waals surface area contributed by atoms with Crippen LogP contribution in [0.2, 0.25) is 0 Å². The van der Waals surface area contributed by atoms with Crippen LogP contribution in [0.5, 0.6) is 0 Å². The number of rotatable bonds is 6. The van der Waals surface area contributed by atoms with E-state index in [1.54, 1.807) is 0 Å². The summed E-state index contributed by atoms with van der Waals surface area (Å²) < 4.78 is 5.47. The van der Waals surface area contributed by atoms with Gasteiger partial charge in [0.15, 0.2) is 0 Å². The van der Waals surface area contributed by atoms with Crippen molar-refractivity contribution in [3.05, 3.63) is 0 Å². The van der Waals surface area contributed by atoms with Crippen molar-refractivity contribution in [2.75, 3.05) is 32.8 Å². The summed E-state index contributed by atoms with van der Waals surface area (Å²) in [4.78, 5) is 2.34. The monoisotopic (exact) mass is 186 g/mol. The molecule has 0 radical (unpaired) electrons. The van der Waals surface area contributed by atoms with Crippen LogP contribution in [0.15, 0.2) is 0 Å². The molecule has 0 aromatic carbocycles. The number of nitrogens with two attached hydrogens (primary N) is 1. The lowest BCUT2D eigenvalue weighted by molar-refractivity contribution is 0.0390. The lowest BCUT2D eigenvalue weighted by Gasteiger charge is -2.45. The van der Waals surface area contributed by atoms with Gasteiger partial charge in [0.1, 0.15) is 0 Å². The Morgan fingerprint density at radius 3 is 2.62 bits per heavy atom. The molecule has 0 spiro atoms. The predicted molar refractivity (Wildman–Crippen MR) is 54.8 cm³/mol. The van der Waals surface area contributed by atoms with Crippen molar-refractivity contribution >= 4 is 0 Å². The first kappa shape index (κ1) is 11.0. The number of likely N-dealkylation sites (tertiary alicyclic amines) is 1. The minimum Gasteiger partial charge on any atom is -0.380 e. The van der Waals surface area contributed by atoms with Crippen LogP contribution in [-0.2, 0) is 4.74 Å². The number of ether oxygens (including phenoxy) is 1. The Hall–Kier alpha value is -0.120. The summed E-state index contributed by atoms with van der Waals surface area (Å²) in [5, 5.41) is 0. The summed E-state index contributed by atoms with van der Waals surface area (Å²) in [7, 11) is 0. The van der Waals surface area contributed by atoms with Gasteiger partial charge in [0.25, 0.3) is 0 Å². The Bertz CT molecular complexity index is 140. The summed E-state index contributed by atoms with van der Waals surface area (Å²) in [6.07, 6.45) is 2.39. The molecule has 0 saturated carbocycles. The second-order valence-electron chi connectivity index (χ2n) is 4.33. The van der Waals surface area contributed by atoms with E-state index in [1.165, 1.54) is 12.8 Å². The first-order valence-corrected chi connectivity index (χ1v) is 5.23. The average molecular weight is 186 g/mol. The third-order valence-corrected chi connectivity index (χ3v) is 2.36. The fraction of sp³-hybridized carbons (Fsp3) is 1.00. The highest BCUT2D eigenvalue weighted by atomic mass is 16.5. The molecule has 0 amide bonds. The maximum Gasteiger partial charge on any atom is 0.0593 e.